The number of ether oxygens (including phenoxy) is 1. The van der Waals surface area contributed by atoms with E-state index in [1.165, 1.54) is 10.6 Å². The summed E-state index contributed by atoms with van der Waals surface area (Å²) in [6, 6.07) is -0.318. The van der Waals surface area contributed by atoms with E-state index in [-0.39, 0.29) is 18.1 Å². The Labute approximate surface area is 129 Å². The Morgan fingerprint density at radius 1 is 1.41 bits per heavy atom. The maximum Gasteiger partial charge on any atom is 0.289 e. The average molecular weight is 328 g/mol. The zero-order valence-electron chi connectivity index (χ0n) is 12.7. The van der Waals surface area contributed by atoms with E-state index >= 15 is 0 Å². The Balaban J connectivity index is 1.80. The number of rotatable bonds is 2. The minimum absolute atomic E-state index is 0.145. The lowest BCUT2D eigenvalue weighted by atomic mass is 10.0. The Kier molecular flexibility index (Phi) is 3.96. The number of aromatic nitrogens is 2. The third-order valence-corrected chi connectivity index (χ3v) is 5.56. The second kappa shape index (κ2) is 5.64. The zero-order chi connectivity index (χ0) is 15.9. The average Bonchev–Trinajstić information content (AvgIpc) is 2.90. The van der Waals surface area contributed by atoms with Gasteiger partial charge < -0.3 is 14.2 Å². The Hall–Kier alpha value is -1.45. The molecule has 2 aliphatic heterocycles. The number of piperidine rings is 1. The van der Waals surface area contributed by atoms with Crippen LogP contribution in [-0.2, 0) is 21.8 Å². The molecule has 2 saturated heterocycles. The summed E-state index contributed by atoms with van der Waals surface area (Å²) < 4.78 is 32.7. The van der Waals surface area contributed by atoms with E-state index in [2.05, 4.69) is 4.98 Å². The van der Waals surface area contributed by atoms with E-state index in [0.29, 0.717) is 38.5 Å². The van der Waals surface area contributed by atoms with Crippen LogP contribution in [0.2, 0.25) is 0 Å². The van der Waals surface area contributed by atoms with Gasteiger partial charge in [-0.2, -0.15) is 4.31 Å². The van der Waals surface area contributed by atoms with Crippen molar-refractivity contribution in [2.24, 2.45) is 7.05 Å². The standard InChI is InChI=1S/C13H20N4O4S/c1-15-6-4-14-12(15)13(18)16-5-3-11-10(9-16)17(7-8-21-11)22(2,19)20/h4,6,10-11H,3,5,7-9H2,1-2H3/t10-,11-/m1/s1. The van der Waals surface area contributed by atoms with Crippen molar-refractivity contribution in [2.45, 2.75) is 18.6 Å². The number of amides is 1. The number of imidazole rings is 1. The van der Waals surface area contributed by atoms with Crippen LogP contribution in [0.25, 0.3) is 0 Å². The summed E-state index contributed by atoms with van der Waals surface area (Å²) >= 11 is 0. The first-order valence-corrected chi connectivity index (χ1v) is 9.08. The summed E-state index contributed by atoms with van der Waals surface area (Å²) in [7, 11) is -1.55. The predicted molar refractivity (Wildman–Crippen MR) is 78.8 cm³/mol. The highest BCUT2D eigenvalue weighted by molar-refractivity contribution is 7.88. The van der Waals surface area contributed by atoms with Crippen molar-refractivity contribution in [2.75, 3.05) is 32.5 Å². The van der Waals surface area contributed by atoms with Crippen LogP contribution in [0.1, 0.15) is 17.0 Å². The number of hydrogen-bond donors (Lipinski definition) is 0. The number of fused-ring (bicyclic) bond motifs is 1. The molecule has 9 heteroatoms. The van der Waals surface area contributed by atoms with Crippen molar-refractivity contribution < 1.29 is 17.9 Å². The largest absolute Gasteiger partial charge is 0.375 e. The lowest BCUT2D eigenvalue weighted by molar-refractivity contribution is -0.0706. The van der Waals surface area contributed by atoms with E-state index in [1.54, 1.807) is 28.9 Å². The summed E-state index contributed by atoms with van der Waals surface area (Å²) in [5, 5.41) is 0. The van der Waals surface area contributed by atoms with Crippen molar-refractivity contribution in [1.29, 1.82) is 0 Å². The Bertz CT molecular complexity index is 671. The highest BCUT2D eigenvalue weighted by atomic mass is 32.2. The fraction of sp³-hybridized carbons (Fsp3) is 0.692. The molecular formula is C13H20N4O4S. The molecular weight excluding hydrogens is 308 g/mol. The van der Waals surface area contributed by atoms with Gasteiger partial charge in [0.25, 0.3) is 5.91 Å². The Morgan fingerprint density at radius 2 is 2.18 bits per heavy atom. The van der Waals surface area contributed by atoms with Crippen LogP contribution in [0.5, 0.6) is 0 Å². The fourth-order valence-electron chi connectivity index (χ4n) is 3.15. The number of sulfonamides is 1. The van der Waals surface area contributed by atoms with Crippen molar-refractivity contribution in [3.63, 3.8) is 0 Å². The fourth-order valence-corrected chi connectivity index (χ4v) is 4.25. The number of aryl methyl sites for hydroxylation is 1. The van der Waals surface area contributed by atoms with Crippen molar-refractivity contribution in [3.8, 4) is 0 Å². The summed E-state index contributed by atoms with van der Waals surface area (Å²) in [6.45, 7) is 1.62. The molecule has 0 aromatic carbocycles. The molecule has 2 aliphatic rings. The lowest BCUT2D eigenvalue weighted by Gasteiger charge is -2.45. The molecule has 0 spiro atoms. The lowest BCUT2D eigenvalue weighted by Crippen LogP contribution is -2.62. The molecule has 0 saturated carbocycles. The summed E-state index contributed by atoms with van der Waals surface area (Å²) in [6.07, 6.45) is 4.98. The van der Waals surface area contributed by atoms with E-state index in [9.17, 15) is 13.2 Å². The molecule has 3 rings (SSSR count). The third kappa shape index (κ3) is 2.75. The highest BCUT2D eigenvalue weighted by Crippen LogP contribution is 2.25. The van der Waals surface area contributed by atoms with Crippen LogP contribution < -0.4 is 0 Å². The molecule has 0 unspecified atom stereocenters. The molecule has 1 amide bonds. The summed E-state index contributed by atoms with van der Waals surface area (Å²) in [5.74, 6) is 0.186. The van der Waals surface area contributed by atoms with Gasteiger partial charge in [0, 0.05) is 39.1 Å². The molecule has 3 heterocycles. The molecule has 1 aromatic rings. The maximum atomic E-state index is 12.5. The van der Waals surface area contributed by atoms with Crippen LogP contribution in [-0.4, -0.2) is 77.7 Å². The number of carbonyl (C=O) groups is 1. The molecule has 1 aromatic heterocycles. The van der Waals surface area contributed by atoms with Crippen LogP contribution >= 0.6 is 0 Å². The second-order valence-electron chi connectivity index (χ2n) is 5.75. The molecule has 8 nitrogen and oxygen atoms in total. The van der Waals surface area contributed by atoms with Gasteiger partial charge in [-0.1, -0.05) is 0 Å². The normalized spacial score (nSPS) is 26.7. The van der Waals surface area contributed by atoms with Crippen LogP contribution in [0.3, 0.4) is 0 Å². The molecule has 122 valence electrons. The minimum atomic E-state index is -3.31. The molecule has 22 heavy (non-hydrogen) atoms. The van der Waals surface area contributed by atoms with Gasteiger partial charge >= 0.3 is 0 Å². The molecule has 0 aliphatic carbocycles. The highest BCUT2D eigenvalue weighted by Gasteiger charge is 2.42. The maximum absolute atomic E-state index is 12.5. The first-order valence-electron chi connectivity index (χ1n) is 7.23. The van der Waals surface area contributed by atoms with E-state index in [0.717, 1.165) is 0 Å². The van der Waals surface area contributed by atoms with Crippen molar-refractivity contribution in [3.05, 3.63) is 18.2 Å². The SMILES string of the molecule is Cn1ccnc1C(=O)N1CC[C@H]2OCCN(S(C)(=O)=O)[C@@H]2C1. The minimum Gasteiger partial charge on any atom is -0.375 e. The summed E-state index contributed by atoms with van der Waals surface area (Å²) in [5.41, 5.74) is 0. The monoisotopic (exact) mass is 328 g/mol. The van der Waals surface area contributed by atoms with Crippen LogP contribution in [0, 0.1) is 0 Å². The number of nitrogens with zero attached hydrogens (tertiary/aromatic N) is 4. The first-order chi connectivity index (χ1) is 10.4. The molecule has 0 radical (unpaired) electrons. The van der Waals surface area contributed by atoms with E-state index < -0.39 is 10.0 Å². The van der Waals surface area contributed by atoms with Gasteiger partial charge in [-0.25, -0.2) is 13.4 Å². The first kappa shape index (κ1) is 15.4. The number of carbonyl (C=O) groups excluding carboxylic acids is 1. The van der Waals surface area contributed by atoms with Crippen molar-refractivity contribution in [1.82, 2.24) is 18.8 Å². The molecule has 0 N–H and O–H groups in total. The number of morpholine rings is 1. The quantitative estimate of drug-likeness (QED) is 0.716. The predicted octanol–water partition coefficient (Wildman–Crippen LogP) is -0.705. The van der Waals surface area contributed by atoms with Gasteiger partial charge in [-0.05, 0) is 6.42 Å². The van der Waals surface area contributed by atoms with Gasteiger partial charge in [-0.3, -0.25) is 4.79 Å². The van der Waals surface area contributed by atoms with Crippen molar-refractivity contribution >= 4 is 15.9 Å². The van der Waals surface area contributed by atoms with Gasteiger partial charge in [0.2, 0.25) is 10.0 Å². The number of hydrogen-bond acceptors (Lipinski definition) is 5. The van der Waals surface area contributed by atoms with Gasteiger partial charge in [0.15, 0.2) is 5.82 Å². The van der Waals surface area contributed by atoms with Gasteiger partial charge in [0.05, 0.1) is 25.0 Å². The topological polar surface area (TPSA) is 84.7 Å². The van der Waals surface area contributed by atoms with Gasteiger partial charge in [0.1, 0.15) is 0 Å². The molecule has 2 fully saturated rings. The van der Waals surface area contributed by atoms with E-state index in [1.807, 2.05) is 0 Å². The van der Waals surface area contributed by atoms with Crippen LogP contribution in [0.4, 0.5) is 0 Å². The van der Waals surface area contributed by atoms with E-state index in [4.69, 9.17) is 4.74 Å². The zero-order valence-corrected chi connectivity index (χ0v) is 13.5. The van der Waals surface area contributed by atoms with Crippen LogP contribution in [0.15, 0.2) is 12.4 Å². The summed E-state index contributed by atoms with van der Waals surface area (Å²) in [4.78, 5) is 18.3. The Morgan fingerprint density at radius 3 is 2.82 bits per heavy atom. The molecule has 2 atom stereocenters. The smallest absolute Gasteiger partial charge is 0.289 e. The number of likely N-dealkylation sites (tertiary alicyclic amines) is 1. The van der Waals surface area contributed by atoms with Gasteiger partial charge in [-0.15, -0.1) is 0 Å². The third-order valence-electron chi connectivity index (χ3n) is 4.26. The molecule has 0 bridgehead atoms. The second-order valence-corrected chi connectivity index (χ2v) is 7.69.